The fourth-order valence-electron chi connectivity index (χ4n) is 8.96. The maximum absolute atomic E-state index is 12.8. The predicted molar refractivity (Wildman–Crippen MR) is 335 cm³/mol. The third kappa shape index (κ3) is 62.4. The Labute approximate surface area is 481 Å². The van der Waals surface area contributed by atoms with Crippen LogP contribution in [0.5, 0.6) is 0 Å². The number of rotatable bonds is 59. The molecule has 0 aliphatic rings. The molecule has 0 amide bonds. The van der Waals surface area contributed by atoms with Gasteiger partial charge >= 0.3 is 19.8 Å². The third-order valence-corrected chi connectivity index (χ3v) is 14.9. The second kappa shape index (κ2) is 58.8. The molecule has 0 aliphatic carbocycles. The van der Waals surface area contributed by atoms with Gasteiger partial charge < -0.3 is 18.9 Å². The van der Waals surface area contributed by atoms with Crippen molar-refractivity contribution in [1.82, 2.24) is 0 Å². The highest BCUT2D eigenvalue weighted by Gasteiger charge is 2.27. The Hall–Kier alpha value is -2.81. The minimum atomic E-state index is -4.40. The summed E-state index contributed by atoms with van der Waals surface area (Å²) in [6.45, 7) is 4.29. The lowest BCUT2D eigenvalue weighted by molar-refractivity contribution is -0.870. The molecule has 0 fully saturated rings. The smallest absolute Gasteiger partial charge is 0.462 e. The average molecular weight is 1110 g/mol. The highest BCUT2D eigenvalue weighted by atomic mass is 31.2. The SMILES string of the molecule is CC/C=C\C/C=C\C/C=C\C/C=C\CCCCCCC(=O)OC(COC(=O)CCCCCCCCCCCCCCCCCCCCCCCC/C=C\C/C=C\C/C=C\CCCCCCC)COP(=O)(O)OCC[N+](C)(C)C. The number of esters is 2. The molecule has 0 radical (unpaired) electrons. The second-order valence-electron chi connectivity index (χ2n) is 22.8. The van der Waals surface area contributed by atoms with Gasteiger partial charge in [-0.05, 0) is 89.9 Å². The van der Waals surface area contributed by atoms with Crippen LogP contribution in [0.1, 0.15) is 284 Å². The number of phosphoric ester groups is 1. The number of phosphoric acid groups is 1. The second-order valence-corrected chi connectivity index (χ2v) is 24.2. The van der Waals surface area contributed by atoms with Crippen molar-refractivity contribution in [3.8, 4) is 0 Å². The molecule has 0 aromatic rings. The molecule has 452 valence electrons. The quantitative estimate of drug-likeness (QED) is 0.0211. The van der Waals surface area contributed by atoms with E-state index in [1.165, 1.54) is 167 Å². The molecule has 2 atom stereocenters. The Bertz CT molecular complexity index is 1590. The summed E-state index contributed by atoms with van der Waals surface area (Å²) in [4.78, 5) is 35.7. The van der Waals surface area contributed by atoms with Crippen molar-refractivity contribution in [2.24, 2.45) is 0 Å². The van der Waals surface area contributed by atoms with E-state index in [-0.39, 0.29) is 32.0 Å². The van der Waals surface area contributed by atoms with Crippen LogP contribution in [0.15, 0.2) is 85.1 Å². The maximum atomic E-state index is 12.8. The van der Waals surface area contributed by atoms with E-state index >= 15 is 0 Å². The summed E-state index contributed by atoms with van der Waals surface area (Å²) in [5, 5.41) is 0. The van der Waals surface area contributed by atoms with Gasteiger partial charge in [-0.1, -0.05) is 266 Å². The molecule has 78 heavy (non-hydrogen) atoms. The minimum Gasteiger partial charge on any atom is -0.462 e. The lowest BCUT2D eigenvalue weighted by Gasteiger charge is -2.24. The van der Waals surface area contributed by atoms with Gasteiger partial charge in [-0.15, -0.1) is 0 Å². The molecular formula is C68H123NO8P+. The molecule has 0 rings (SSSR count). The molecule has 0 aromatic carbocycles. The van der Waals surface area contributed by atoms with Crippen molar-refractivity contribution in [2.45, 2.75) is 290 Å². The summed E-state index contributed by atoms with van der Waals surface area (Å²) in [5.74, 6) is -0.820. The molecular weight excluding hydrogens is 990 g/mol. The number of nitrogens with zero attached hydrogens (tertiary/aromatic N) is 1. The van der Waals surface area contributed by atoms with E-state index < -0.39 is 26.5 Å². The predicted octanol–water partition coefficient (Wildman–Crippen LogP) is 20.6. The third-order valence-electron chi connectivity index (χ3n) is 13.9. The van der Waals surface area contributed by atoms with Crippen molar-refractivity contribution >= 4 is 19.8 Å². The van der Waals surface area contributed by atoms with E-state index in [2.05, 4.69) is 98.9 Å². The van der Waals surface area contributed by atoms with E-state index in [0.717, 1.165) is 83.5 Å². The van der Waals surface area contributed by atoms with Gasteiger partial charge in [0.25, 0.3) is 0 Å². The highest BCUT2D eigenvalue weighted by Crippen LogP contribution is 2.43. The van der Waals surface area contributed by atoms with Gasteiger partial charge in [-0.25, -0.2) is 4.57 Å². The molecule has 0 aliphatic heterocycles. The number of ether oxygens (including phenoxy) is 2. The highest BCUT2D eigenvalue weighted by molar-refractivity contribution is 7.47. The summed E-state index contributed by atoms with van der Waals surface area (Å²) in [5.41, 5.74) is 0. The fraction of sp³-hybridized carbons (Fsp3) is 0.765. The number of hydrogen-bond acceptors (Lipinski definition) is 7. The lowest BCUT2D eigenvalue weighted by Crippen LogP contribution is -2.37. The molecule has 0 bridgehead atoms. The van der Waals surface area contributed by atoms with Gasteiger partial charge in [0, 0.05) is 12.8 Å². The number of carbonyl (C=O) groups excluding carboxylic acids is 2. The number of hydrogen-bond donors (Lipinski definition) is 1. The van der Waals surface area contributed by atoms with Crippen molar-refractivity contribution < 1.29 is 42.1 Å². The Morgan fingerprint density at radius 1 is 0.410 bits per heavy atom. The first-order chi connectivity index (χ1) is 38.0. The van der Waals surface area contributed by atoms with Crippen LogP contribution in [0.4, 0.5) is 0 Å². The molecule has 0 aromatic heterocycles. The van der Waals surface area contributed by atoms with Gasteiger partial charge in [-0.2, -0.15) is 0 Å². The van der Waals surface area contributed by atoms with Crippen LogP contribution in [-0.4, -0.2) is 74.9 Å². The summed E-state index contributed by atoms with van der Waals surface area (Å²) in [6.07, 6.45) is 79.8. The summed E-state index contributed by atoms with van der Waals surface area (Å²) >= 11 is 0. The number of unbranched alkanes of at least 4 members (excludes halogenated alkanes) is 31. The Balaban J connectivity index is 3.97. The van der Waals surface area contributed by atoms with Crippen LogP contribution < -0.4 is 0 Å². The first-order valence-corrected chi connectivity index (χ1v) is 33.8. The fourth-order valence-corrected chi connectivity index (χ4v) is 9.70. The first kappa shape index (κ1) is 75.2. The molecule has 0 saturated carbocycles. The zero-order valence-electron chi connectivity index (χ0n) is 51.4. The Kier molecular flexibility index (Phi) is 56.7. The lowest BCUT2D eigenvalue weighted by atomic mass is 10.0. The standard InChI is InChI=1S/C68H122NO8P/c1-6-8-10-12-14-16-18-20-22-24-25-26-27-28-29-30-31-32-33-34-35-36-37-38-39-40-41-42-43-45-46-48-50-52-54-56-58-60-67(70)74-64-66(65-76-78(72,73)75-63-62-69(3,4)5)77-68(71)61-59-57-55-53-51-49-47-44-23-21-19-17-15-13-11-9-7-2/h9,11,15,17-18,20-21,23-25,27-28,47,49,66H,6-8,10,12-14,16,19,22,26,29-46,48,50-65H2,1-5H3/p+1/b11-9-,17-15-,20-18-,23-21-,25-24-,28-27-,49-47-. The van der Waals surface area contributed by atoms with Gasteiger partial charge in [0.15, 0.2) is 6.10 Å². The van der Waals surface area contributed by atoms with Gasteiger partial charge in [-0.3, -0.25) is 18.6 Å². The van der Waals surface area contributed by atoms with Crippen LogP contribution in [0.3, 0.4) is 0 Å². The summed E-state index contributed by atoms with van der Waals surface area (Å²) in [6, 6.07) is 0. The largest absolute Gasteiger partial charge is 0.472 e. The molecule has 2 unspecified atom stereocenters. The van der Waals surface area contributed by atoms with Crippen LogP contribution in [-0.2, 0) is 32.7 Å². The molecule has 1 N–H and O–H groups in total. The van der Waals surface area contributed by atoms with Crippen LogP contribution in [0.25, 0.3) is 0 Å². The zero-order valence-corrected chi connectivity index (χ0v) is 52.3. The monoisotopic (exact) mass is 1110 g/mol. The van der Waals surface area contributed by atoms with Gasteiger partial charge in [0.1, 0.15) is 19.8 Å². The normalized spacial score (nSPS) is 13.8. The number of carbonyl (C=O) groups is 2. The molecule has 0 heterocycles. The number of allylic oxidation sites excluding steroid dienone is 14. The van der Waals surface area contributed by atoms with Crippen molar-refractivity contribution in [3.63, 3.8) is 0 Å². The number of quaternary nitrogens is 1. The minimum absolute atomic E-state index is 0.0244. The van der Waals surface area contributed by atoms with Crippen molar-refractivity contribution in [1.29, 1.82) is 0 Å². The average Bonchev–Trinajstić information content (AvgIpc) is 3.40. The molecule has 0 saturated heterocycles. The van der Waals surface area contributed by atoms with Crippen LogP contribution in [0, 0.1) is 0 Å². The summed E-state index contributed by atoms with van der Waals surface area (Å²) < 4.78 is 34.6. The van der Waals surface area contributed by atoms with E-state index in [4.69, 9.17) is 18.5 Å². The van der Waals surface area contributed by atoms with E-state index in [9.17, 15) is 19.0 Å². The first-order valence-electron chi connectivity index (χ1n) is 32.3. The molecule has 9 nitrogen and oxygen atoms in total. The van der Waals surface area contributed by atoms with Crippen LogP contribution in [0.2, 0.25) is 0 Å². The molecule has 0 spiro atoms. The van der Waals surface area contributed by atoms with E-state index in [0.29, 0.717) is 17.4 Å². The Morgan fingerprint density at radius 2 is 0.731 bits per heavy atom. The topological polar surface area (TPSA) is 108 Å². The zero-order chi connectivity index (χ0) is 57.0. The Morgan fingerprint density at radius 3 is 1.09 bits per heavy atom. The van der Waals surface area contributed by atoms with E-state index in [1.807, 2.05) is 21.1 Å². The summed E-state index contributed by atoms with van der Waals surface area (Å²) in [7, 11) is 1.46. The van der Waals surface area contributed by atoms with Crippen molar-refractivity contribution in [3.05, 3.63) is 85.1 Å². The number of likely N-dealkylation sites (N-methyl/N-ethyl adjacent to an activating group) is 1. The van der Waals surface area contributed by atoms with Gasteiger partial charge in [0.05, 0.1) is 27.7 Å². The van der Waals surface area contributed by atoms with Gasteiger partial charge in [0.2, 0.25) is 0 Å². The molecule has 10 heteroatoms. The van der Waals surface area contributed by atoms with E-state index in [1.54, 1.807) is 0 Å². The van der Waals surface area contributed by atoms with Crippen molar-refractivity contribution in [2.75, 3.05) is 47.5 Å². The maximum Gasteiger partial charge on any atom is 0.472 e. The van der Waals surface area contributed by atoms with Crippen LogP contribution >= 0.6 is 7.82 Å².